The number of aromatic nitrogens is 1. The van der Waals surface area contributed by atoms with E-state index in [2.05, 4.69) is 0 Å². The predicted molar refractivity (Wildman–Crippen MR) is 71.7 cm³/mol. The van der Waals surface area contributed by atoms with E-state index in [9.17, 15) is 13.2 Å². The first kappa shape index (κ1) is 15.7. The molecule has 7 heteroatoms. The minimum Gasteiger partial charge on any atom is -0.477 e. The van der Waals surface area contributed by atoms with Gasteiger partial charge in [0.25, 0.3) is 0 Å². The summed E-state index contributed by atoms with van der Waals surface area (Å²) in [7, 11) is -2.13. The first-order chi connectivity index (χ1) is 8.71. The second kappa shape index (κ2) is 5.75. The Morgan fingerprint density at radius 1 is 1.47 bits per heavy atom. The van der Waals surface area contributed by atoms with Crippen LogP contribution in [0.4, 0.5) is 0 Å². The average molecular weight is 288 g/mol. The molecule has 108 valence electrons. The lowest BCUT2D eigenvalue weighted by Crippen LogP contribution is -2.37. The number of sulfonamides is 1. The molecule has 1 rings (SSSR count). The molecule has 1 aromatic heterocycles. The van der Waals surface area contributed by atoms with Crippen molar-refractivity contribution in [2.24, 2.45) is 7.05 Å². The van der Waals surface area contributed by atoms with Gasteiger partial charge < -0.3 is 9.67 Å². The highest BCUT2D eigenvalue weighted by Crippen LogP contribution is 2.20. The van der Waals surface area contributed by atoms with Gasteiger partial charge in [-0.1, -0.05) is 6.92 Å². The Morgan fingerprint density at radius 2 is 2.05 bits per heavy atom. The van der Waals surface area contributed by atoms with Crippen LogP contribution >= 0.6 is 0 Å². The summed E-state index contributed by atoms with van der Waals surface area (Å²) in [6, 6.07) is 1.03. The third kappa shape index (κ3) is 3.16. The van der Waals surface area contributed by atoms with E-state index < -0.39 is 16.0 Å². The van der Waals surface area contributed by atoms with Crippen LogP contribution in [0.5, 0.6) is 0 Å². The quantitative estimate of drug-likeness (QED) is 0.861. The van der Waals surface area contributed by atoms with Crippen LogP contribution in [0, 0.1) is 0 Å². The lowest BCUT2D eigenvalue weighted by Gasteiger charge is -2.24. The third-order valence-electron chi connectivity index (χ3n) is 2.83. The van der Waals surface area contributed by atoms with Crippen LogP contribution in [0.15, 0.2) is 17.2 Å². The lowest BCUT2D eigenvalue weighted by atomic mass is 10.4. The normalized spacial score (nSPS) is 12.3. The molecule has 1 heterocycles. The Balaban J connectivity index is 3.26. The van der Waals surface area contributed by atoms with E-state index in [4.69, 9.17) is 5.11 Å². The fourth-order valence-electron chi connectivity index (χ4n) is 1.90. The van der Waals surface area contributed by atoms with Crippen molar-refractivity contribution in [2.75, 3.05) is 6.54 Å². The van der Waals surface area contributed by atoms with Crippen molar-refractivity contribution in [3.8, 4) is 0 Å². The number of nitrogens with zero attached hydrogens (tertiary/aromatic N) is 2. The summed E-state index contributed by atoms with van der Waals surface area (Å²) in [5.41, 5.74) is -0.0428. The lowest BCUT2D eigenvalue weighted by molar-refractivity contribution is 0.0686. The van der Waals surface area contributed by atoms with Crippen molar-refractivity contribution in [1.82, 2.24) is 8.87 Å². The summed E-state index contributed by atoms with van der Waals surface area (Å²) in [6.45, 7) is 5.92. The fraction of sp³-hybridized carbons (Fsp3) is 0.583. The standard InChI is InChI=1S/C12H20N2O4S/c1-5-6-14(9(2)3)19(17,18)10-7-11(12(15)16)13(4)8-10/h7-9H,5-6H2,1-4H3,(H,15,16). The van der Waals surface area contributed by atoms with Crippen molar-refractivity contribution in [1.29, 1.82) is 0 Å². The fourth-order valence-corrected chi connectivity index (χ4v) is 3.70. The van der Waals surface area contributed by atoms with E-state index in [1.807, 2.05) is 6.92 Å². The summed E-state index contributed by atoms with van der Waals surface area (Å²) in [5.74, 6) is -1.14. The van der Waals surface area contributed by atoms with E-state index in [0.29, 0.717) is 13.0 Å². The molecule has 1 aromatic rings. The number of hydrogen-bond donors (Lipinski definition) is 1. The van der Waals surface area contributed by atoms with Crippen molar-refractivity contribution in [2.45, 2.75) is 38.1 Å². The Bertz CT molecular complexity index is 560. The van der Waals surface area contributed by atoms with Gasteiger partial charge in [-0.05, 0) is 26.3 Å². The summed E-state index contributed by atoms with van der Waals surface area (Å²) >= 11 is 0. The number of carbonyl (C=O) groups is 1. The number of carboxylic acids is 1. The SMILES string of the molecule is CCCN(C(C)C)S(=O)(=O)c1cc(C(=O)O)n(C)c1. The zero-order valence-corrected chi connectivity index (χ0v) is 12.4. The van der Waals surface area contributed by atoms with E-state index >= 15 is 0 Å². The van der Waals surface area contributed by atoms with Gasteiger partial charge in [0.05, 0.1) is 0 Å². The predicted octanol–water partition coefficient (Wildman–Crippen LogP) is 1.53. The smallest absolute Gasteiger partial charge is 0.352 e. The van der Waals surface area contributed by atoms with Crippen LogP contribution in [-0.4, -0.2) is 41.0 Å². The molecule has 0 bridgehead atoms. The molecule has 0 saturated heterocycles. The molecule has 0 aliphatic heterocycles. The van der Waals surface area contributed by atoms with Gasteiger partial charge in [0, 0.05) is 25.8 Å². The number of aromatic carboxylic acids is 1. The molecule has 0 amide bonds. The largest absolute Gasteiger partial charge is 0.477 e. The minimum atomic E-state index is -3.65. The van der Waals surface area contributed by atoms with Gasteiger partial charge in [0.1, 0.15) is 10.6 Å². The molecular formula is C12H20N2O4S. The summed E-state index contributed by atoms with van der Waals surface area (Å²) in [4.78, 5) is 11.0. The van der Waals surface area contributed by atoms with Gasteiger partial charge in [-0.15, -0.1) is 0 Å². The minimum absolute atomic E-state index is 0.0227. The number of carboxylic acid groups (broad SMARTS) is 1. The van der Waals surface area contributed by atoms with E-state index in [-0.39, 0.29) is 16.6 Å². The zero-order valence-electron chi connectivity index (χ0n) is 11.6. The monoisotopic (exact) mass is 288 g/mol. The van der Waals surface area contributed by atoms with E-state index in [0.717, 1.165) is 0 Å². The van der Waals surface area contributed by atoms with Crippen LogP contribution in [0.3, 0.4) is 0 Å². The van der Waals surface area contributed by atoms with Crippen LogP contribution in [0.25, 0.3) is 0 Å². The average Bonchev–Trinajstić information content (AvgIpc) is 2.68. The molecule has 6 nitrogen and oxygen atoms in total. The van der Waals surface area contributed by atoms with E-state index in [1.54, 1.807) is 13.8 Å². The number of hydrogen-bond acceptors (Lipinski definition) is 3. The Morgan fingerprint density at radius 3 is 2.42 bits per heavy atom. The number of rotatable bonds is 6. The van der Waals surface area contributed by atoms with Crippen LogP contribution < -0.4 is 0 Å². The Kier molecular flexibility index (Phi) is 4.75. The maximum absolute atomic E-state index is 12.5. The second-order valence-corrected chi connectivity index (χ2v) is 6.58. The van der Waals surface area contributed by atoms with Gasteiger partial charge >= 0.3 is 5.97 Å². The van der Waals surface area contributed by atoms with Crippen LogP contribution in [0.2, 0.25) is 0 Å². The van der Waals surface area contributed by atoms with Crippen molar-refractivity contribution in [3.05, 3.63) is 18.0 Å². The maximum Gasteiger partial charge on any atom is 0.352 e. The topological polar surface area (TPSA) is 79.6 Å². The zero-order chi connectivity index (χ0) is 14.8. The molecule has 0 fully saturated rings. The van der Waals surface area contributed by atoms with Gasteiger partial charge in [-0.3, -0.25) is 0 Å². The van der Waals surface area contributed by atoms with Crippen LogP contribution in [0.1, 0.15) is 37.7 Å². The van der Waals surface area contributed by atoms with Crippen molar-refractivity contribution < 1.29 is 18.3 Å². The molecule has 0 aromatic carbocycles. The second-order valence-electron chi connectivity index (χ2n) is 4.69. The maximum atomic E-state index is 12.5. The molecule has 19 heavy (non-hydrogen) atoms. The summed E-state index contributed by atoms with van der Waals surface area (Å²) in [5, 5.41) is 8.97. The van der Waals surface area contributed by atoms with Crippen molar-refractivity contribution >= 4 is 16.0 Å². The van der Waals surface area contributed by atoms with Gasteiger partial charge in [-0.2, -0.15) is 4.31 Å². The first-order valence-corrected chi connectivity index (χ1v) is 7.57. The van der Waals surface area contributed by atoms with Gasteiger partial charge in [0.15, 0.2) is 0 Å². The van der Waals surface area contributed by atoms with Gasteiger partial charge in [0.2, 0.25) is 10.0 Å². The highest BCUT2D eigenvalue weighted by Gasteiger charge is 2.28. The molecule has 0 spiro atoms. The Hall–Kier alpha value is -1.34. The molecule has 0 atom stereocenters. The highest BCUT2D eigenvalue weighted by molar-refractivity contribution is 7.89. The van der Waals surface area contributed by atoms with E-state index in [1.165, 1.54) is 28.2 Å². The van der Waals surface area contributed by atoms with Crippen molar-refractivity contribution in [3.63, 3.8) is 0 Å². The molecule has 0 radical (unpaired) electrons. The summed E-state index contributed by atoms with van der Waals surface area (Å²) in [6.07, 6.45) is 2.04. The third-order valence-corrected chi connectivity index (χ3v) is 4.87. The molecule has 0 aliphatic rings. The molecule has 0 aliphatic carbocycles. The molecule has 1 N–H and O–H groups in total. The summed E-state index contributed by atoms with van der Waals surface area (Å²) < 4.78 is 27.6. The molecular weight excluding hydrogens is 268 g/mol. The number of aryl methyl sites for hydroxylation is 1. The molecule has 0 unspecified atom stereocenters. The first-order valence-electron chi connectivity index (χ1n) is 6.13. The van der Waals surface area contributed by atoms with Gasteiger partial charge in [-0.25, -0.2) is 13.2 Å². The molecule has 0 saturated carbocycles. The highest BCUT2D eigenvalue weighted by atomic mass is 32.2. The van der Waals surface area contributed by atoms with Crippen LogP contribution in [-0.2, 0) is 17.1 Å². The Labute approximate surface area is 113 Å².